The molecular weight excluding hydrogens is 580 g/mol. The second kappa shape index (κ2) is 12.6. The third-order valence-electron chi connectivity index (χ3n) is 10.0. The first-order chi connectivity index (χ1) is 22.4. The highest BCUT2D eigenvalue weighted by molar-refractivity contribution is 5.62. The molecule has 8 nitrogen and oxygen atoms in total. The van der Waals surface area contributed by atoms with E-state index in [0.29, 0.717) is 39.9 Å². The summed E-state index contributed by atoms with van der Waals surface area (Å²) >= 11 is 0. The standard InChI is InChI=1S/C38H42N2O6/c1-39-16-14-29-30-19-26(21-41)31(22-42)36(29)45-27-9-7-24(8-10-27)18-33-35-25(13-15-40(33)2)20-34(43-3)37(44-4)38(35)46-28-11-5-23(6-12-28)17-32(30)39/h5-12,19-20,32-33,41-42H,13-18,21-22H2,1-4H3/t32-,33-/m0/s1. The molecule has 8 bridgehead atoms. The zero-order valence-corrected chi connectivity index (χ0v) is 27.0. The van der Waals surface area contributed by atoms with Gasteiger partial charge in [0, 0.05) is 41.9 Å². The normalized spacial score (nSPS) is 19.3. The van der Waals surface area contributed by atoms with E-state index in [9.17, 15) is 10.2 Å². The first-order valence-electron chi connectivity index (χ1n) is 16.0. The largest absolute Gasteiger partial charge is 0.493 e. The summed E-state index contributed by atoms with van der Waals surface area (Å²) in [6.45, 7) is 1.39. The summed E-state index contributed by atoms with van der Waals surface area (Å²) in [5.74, 6) is 4.05. The molecule has 0 aliphatic carbocycles. The minimum Gasteiger partial charge on any atom is -0.493 e. The average molecular weight is 623 g/mol. The van der Waals surface area contributed by atoms with Gasteiger partial charge in [-0.15, -0.1) is 0 Å². The van der Waals surface area contributed by atoms with E-state index in [1.165, 1.54) is 11.1 Å². The molecule has 0 saturated heterocycles. The van der Waals surface area contributed by atoms with Crippen LogP contribution in [-0.4, -0.2) is 61.4 Å². The van der Waals surface area contributed by atoms with Gasteiger partial charge in [-0.2, -0.15) is 0 Å². The Morgan fingerprint density at radius 2 is 1.35 bits per heavy atom. The fraction of sp³-hybridized carbons (Fsp3) is 0.368. The van der Waals surface area contributed by atoms with Crippen molar-refractivity contribution < 1.29 is 29.2 Å². The van der Waals surface area contributed by atoms with E-state index in [0.717, 1.165) is 66.8 Å². The van der Waals surface area contributed by atoms with Gasteiger partial charge < -0.3 is 29.2 Å². The molecule has 240 valence electrons. The van der Waals surface area contributed by atoms with E-state index in [2.05, 4.69) is 60.3 Å². The molecule has 4 aromatic carbocycles. The van der Waals surface area contributed by atoms with Crippen molar-refractivity contribution in [2.24, 2.45) is 0 Å². The lowest BCUT2D eigenvalue weighted by molar-refractivity contribution is 0.221. The molecule has 0 saturated carbocycles. The van der Waals surface area contributed by atoms with Crippen molar-refractivity contribution in [2.75, 3.05) is 41.4 Å². The van der Waals surface area contributed by atoms with E-state index >= 15 is 0 Å². The second-order valence-electron chi connectivity index (χ2n) is 12.6. The molecular formula is C38H42N2O6. The lowest BCUT2D eigenvalue weighted by Gasteiger charge is -2.36. The summed E-state index contributed by atoms with van der Waals surface area (Å²) in [4.78, 5) is 4.74. The van der Waals surface area contributed by atoms with Crippen LogP contribution in [0.25, 0.3) is 0 Å². The molecule has 10 rings (SSSR count). The minimum atomic E-state index is -0.206. The third-order valence-corrected chi connectivity index (χ3v) is 10.0. The zero-order valence-electron chi connectivity index (χ0n) is 27.0. The van der Waals surface area contributed by atoms with Gasteiger partial charge in [0.1, 0.15) is 17.2 Å². The van der Waals surface area contributed by atoms with Crippen LogP contribution in [0.4, 0.5) is 0 Å². The number of rotatable bonds is 4. The van der Waals surface area contributed by atoms with Crippen molar-refractivity contribution in [1.82, 2.24) is 9.80 Å². The van der Waals surface area contributed by atoms with Crippen molar-refractivity contribution in [1.29, 1.82) is 0 Å². The van der Waals surface area contributed by atoms with Crippen molar-refractivity contribution >= 4 is 0 Å². The number of ether oxygens (including phenoxy) is 4. The summed E-state index contributed by atoms with van der Waals surface area (Å²) in [6.07, 6.45) is 3.20. The molecule has 2 N–H and O–H groups in total. The monoisotopic (exact) mass is 622 g/mol. The van der Waals surface area contributed by atoms with Crippen LogP contribution in [0.2, 0.25) is 0 Å². The van der Waals surface area contributed by atoms with Gasteiger partial charge >= 0.3 is 0 Å². The number of aliphatic hydroxyl groups excluding tert-OH is 2. The lowest BCUT2D eigenvalue weighted by Crippen LogP contribution is -2.34. The summed E-state index contributed by atoms with van der Waals surface area (Å²) in [5.41, 5.74) is 8.22. The van der Waals surface area contributed by atoms with E-state index in [-0.39, 0.29) is 25.3 Å². The van der Waals surface area contributed by atoms with Crippen LogP contribution < -0.4 is 18.9 Å². The quantitative estimate of drug-likeness (QED) is 0.281. The molecule has 6 aliphatic heterocycles. The molecule has 0 unspecified atom stereocenters. The van der Waals surface area contributed by atoms with Crippen LogP contribution in [0.1, 0.15) is 56.6 Å². The predicted octanol–water partition coefficient (Wildman–Crippen LogP) is 6.13. The molecule has 0 aromatic heterocycles. The van der Waals surface area contributed by atoms with Crippen LogP contribution in [0.3, 0.4) is 0 Å². The number of hydrogen-bond acceptors (Lipinski definition) is 8. The molecule has 46 heavy (non-hydrogen) atoms. The Bertz CT molecular complexity index is 1740. The fourth-order valence-electron chi connectivity index (χ4n) is 7.46. The van der Waals surface area contributed by atoms with E-state index in [1.807, 2.05) is 24.3 Å². The first-order valence-corrected chi connectivity index (χ1v) is 16.0. The minimum absolute atomic E-state index is 0.0495. The molecule has 2 atom stereocenters. The van der Waals surface area contributed by atoms with Gasteiger partial charge in [0.05, 0.1) is 27.4 Å². The maximum atomic E-state index is 10.5. The van der Waals surface area contributed by atoms with Crippen LogP contribution in [0, 0.1) is 0 Å². The summed E-state index contributed by atoms with van der Waals surface area (Å²) in [6, 6.07) is 20.8. The fourth-order valence-corrected chi connectivity index (χ4v) is 7.46. The Hall–Kier alpha value is -4.08. The highest BCUT2D eigenvalue weighted by Crippen LogP contribution is 2.50. The van der Waals surface area contributed by atoms with Crippen LogP contribution >= 0.6 is 0 Å². The number of nitrogens with zero attached hydrogens (tertiary/aromatic N) is 2. The Morgan fingerprint density at radius 1 is 0.739 bits per heavy atom. The average Bonchev–Trinajstić information content (AvgIpc) is 3.07. The van der Waals surface area contributed by atoms with Crippen LogP contribution in [0.5, 0.6) is 34.5 Å². The van der Waals surface area contributed by atoms with Crippen molar-refractivity contribution in [3.05, 3.63) is 105 Å². The molecule has 6 aliphatic rings. The maximum Gasteiger partial charge on any atom is 0.204 e. The Morgan fingerprint density at radius 3 is 1.96 bits per heavy atom. The SMILES string of the molecule is COc1cc2c3c(c1OC)Oc1ccc(cc1)C[C@H]1c4cc(CO)c(CO)c(c4CCN1C)Oc1ccc(cc1)C[C@@H]3N(C)CC2. The van der Waals surface area contributed by atoms with Gasteiger partial charge in [-0.05, 0) is 97.9 Å². The number of hydrogen-bond donors (Lipinski definition) is 2. The van der Waals surface area contributed by atoms with Crippen LogP contribution in [-0.2, 0) is 38.9 Å². The molecule has 0 radical (unpaired) electrons. The Kier molecular flexibility index (Phi) is 8.38. The Labute approximate surface area is 270 Å². The van der Waals surface area contributed by atoms with Gasteiger partial charge in [-0.3, -0.25) is 9.80 Å². The topological polar surface area (TPSA) is 83.9 Å². The van der Waals surface area contributed by atoms with Gasteiger partial charge in [-0.1, -0.05) is 30.3 Å². The van der Waals surface area contributed by atoms with E-state index in [1.54, 1.807) is 14.2 Å². The van der Waals surface area contributed by atoms with E-state index < -0.39 is 0 Å². The zero-order chi connectivity index (χ0) is 31.9. The molecule has 8 heteroatoms. The summed E-state index contributed by atoms with van der Waals surface area (Å²) in [7, 11) is 7.64. The second-order valence-corrected chi connectivity index (χ2v) is 12.6. The predicted molar refractivity (Wildman–Crippen MR) is 176 cm³/mol. The van der Waals surface area contributed by atoms with Crippen LogP contribution in [0.15, 0.2) is 60.7 Å². The van der Waals surface area contributed by atoms with E-state index in [4.69, 9.17) is 18.9 Å². The van der Waals surface area contributed by atoms with Crippen molar-refractivity contribution in [2.45, 2.75) is 51.0 Å². The smallest absolute Gasteiger partial charge is 0.204 e. The van der Waals surface area contributed by atoms with Gasteiger partial charge in [0.25, 0.3) is 0 Å². The summed E-state index contributed by atoms with van der Waals surface area (Å²) in [5, 5.41) is 20.8. The molecule has 0 amide bonds. The number of benzene rings is 4. The highest BCUT2D eigenvalue weighted by atomic mass is 16.5. The van der Waals surface area contributed by atoms with Gasteiger partial charge in [0.2, 0.25) is 5.75 Å². The van der Waals surface area contributed by atoms with Gasteiger partial charge in [-0.25, -0.2) is 0 Å². The lowest BCUT2D eigenvalue weighted by atomic mass is 9.85. The first kappa shape index (κ1) is 30.6. The number of likely N-dealkylation sites (N-methyl/N-ethyl adjacent to an activating group) is 2. The highest BCUT2D eigenvalue weighted by Gasteiger charge is 2.34. The Balaban J connectivity index is 1.41. The van der Waals surface area contributed by atoms with Crippen molar-refractivity contribution in [3.8, 4) is 34.5 Å². The summed E-state index contributed by atoms with van der Waals surface area (Å²) < 4.78 is 25.1. The molecule has 4 aromatic rings. The number of aliphatic hydroxyl groups is 2. The molecule has 0 fully saturated rings. The molecule has 0 spiro atoms. The van der Waals surface area contributed by atoms with Crippen molar-refractivity contribution in [3.63, 3.8) is 0 Å². The maximum absolute atomic E-state index is 10.5. The van der Waals surface area contributed by atoms with Gasteiger partial charge in [0.15, 0.2) is 11.5 Å². The molecule has 6 heterocycles. The third kappa shape index (κ3) is 5.39. The number of methoxy groups -OCH3 is 2.